The van der Waals surface area contributed by atoms with E-state index in [0.29, 0.717) is 5.92 Å². The molecule has 3 nitrogen and oxygen atoms in total. The van der Waals surface area contributed by atoms with Crippen LogP contribution in [0.4, 0.5) is 0 Å². The van der Waals surface area contributed by atoms with Crippen LogP contribution in [0.1, 0.15) is 35.7 Å². The van der Waals surface area contributed by atoms with Gasteiger partial charge >= 0.3 is 0 Å². The number of aryl methyl sites for hydroxylation is 1. The zero-order valence-electron chi connectivity index (χ0n) is 11.7. The van der Waals surface area contributed by atoms with Gasteiger partial charge in [-0.15, -0.1) is 16.8 Å². The molecule has 0 aliphatic heterocycles. The van der Waals surface area contributed by atoms with E-state index in [1.54, 1.807) is 11.8 Å². The Morgan fingerprint density at radius 1 is 1.40 bits per heavy atom. The van der Waals surface area contributed by atoms with Gasteiger partial charge in [0.2, 0.25) is 0 Å². The lowest BCUT2D eigenvalue weighted by molar-refractivity contribution is 0.681. The summed E-state index contributed by atoms with van der Waals surface area (Å²) >= 11 is 1.76. The molecule has 0 atom stereocenters. The standard InChI is InChI=1S/C16H19N3S/c1-3-9-19-15(14-7-8-14)17-18-16(19)20-11-13-6-4-5-12(2)10-13/h3-6,10,14H,1,7-9,11H2,2H3. The normalized spacial score (nSPS) is 14.4. The molecule has 1 aliphatic carbocycles. The first-order valence-electron chi connectivity index (χ1n) is 7.00. The second-order valence-corrected chi connectivity index (χ2v) is 6.23. The Kier molecular flexibility index (Phi) is 3.92. The van der Waals surface area contributed by atoms with Crippen molar-refractivity contribution in [3.05, 3.63) is 53.9 Å². The minimum Gasteiger partial charge on any atom is -0.302 e. The van der Waals surface area contributed by atoms with E-state index in [0.717, 1.165) is 23.3 Å². The summed E-state index contributed by atoms with van der Waals surface area (Å²) in [6.07, 6.45) is 4.42. The first-order chi connectivity index (χ1) is 9.78. The molecule has 1 aliphatic rings. The molecular weight excluding hydrogens is 266 g/mol. The first kappa shape index (κ1) is 13.4. The second-order valence-electron chi connectivity index (χ2n) is 5.29. The molecule has 0 unspecified atom stereocenters. The molecular formula is C16H19N3S. The fourth-order valence-electron chi connectivity index (χ4n) is 2.30. The monoisotopic (exact) mass is 285 g/mol. The SMILES string of the molecule is C=CCn1c(SCc2cccc(C)c2)nnc1C1CC1. The molecule has 0 amide bonds. The van der Waals surface area contributed by atoms with E-state index in [-0.39, 0.29) is 0 Å². The fourth-order valence-corrected chi connectivity index (χ4v) is 3.20. The quantitative estimate of drug-likeness (QED) is 0.595. The van der Waals surface area contributed by atoms with E-state index < -0.39 is 0 Å². The Morgan fingerprint density at radius 2 is 2.25 bits per heavy atom. The Hall–Kier alpha value is -1.55. The van der Waals surface area contributed by atoms with Gasteiger partial charge in [-0.1, -0.05) is 47.7 Å². The summed E-state index contributed by atoms with van der Waals surface area (Å²) in [5, 5.41) is 9.74. The number of nitrogens with zero attached hydrogens (tertiary/aromatic N) is 3. The van der Waals surface area contributed by atoms with Crippen LogP contribution >= 0.6 is 11.8 Å². The number of thioether (sulfide) groups is 1. The van der Waals surface area contributed by atoms with Crippen molar-refractivity contribution in [2.75, 3.05) is 0 Å². The molecule has 0 saturated heterocycles. The van der Waals surface area contributed by atoms with Crippen molar-refractivity contribution in [3.8, 4) is 0 Å². The predicted molar refractivity (Wildman–Crippen MR) is 82.9 cm³/mol. The highest BCUT2D eigenvalue weighted by Crippen LogP contribution is 2.40. The molecule has 1 saturated carbocycles. The van der Waals surface area contributed by atoms with Gasteiger partial charge in [-0.25, -0.2) is 0 Å². The fraction of sp³-hybridized carbons (Fsp3) is 0.375. The highest BCUT2D eigenvalue weighted by molar-refractivity contribution is 7.98. The van der Waals surface area contributed by atoms with Crippen LogP contribution in [-0.2, 0) is 12.3 Å². The van der Waals surface area contributed by atoms with Crippen LogP contribution in [0.15, 0.2) is 42.1 Å². The summed E-state index contributed by atoms with van der Waals surface area (Å²) in [6.45, 7) is 6.77. The van der Waals surface area contributed by atoms with Crippen molar-refractivity contribution < 1.29 is 0 Å². The van der Waals surface area contributed by atoms with E-state index in [1.165, 1.54) is 24.0 Å². The van der Waals surface area contributed by atoms with E-state index >= 15 is 0 Å². The molecule has 1 aromatic carbocycles. The lowest BCUT2D eigenvalue weighted by atomic mass is 10.2. The van der Waals surface area contributed by atoms with Crippen LogP contribution in [0, 0.1) is 6.92 Å². The Balaban J connectivity index is 1.75. The van der Waals surface area contributed by atoms with Crippen molar-refractivity contribution in [1.82, 2.24) is 14.8 Å². The summed E-state index contributed by atoms with van der Waals surface area (Å²) in [5.41, 5.74) is 2.63. The van der Waals surface area contributed by atoms with Crippen molar-refractivity contribution in [2.24, 2.45) is 0 Å². The molecule has 0 bridgehead atoms. The summed E-state index contributed by atoms with van der Waals surface area (Å²) < 4.78 is 2.21. The topological polar surface area (TPSA) is 30.7 Å². The molecule has 1 aromatic heterocycles. The van der Waals surface area contributed by atoms with Gasteiger partial charge in [0.05, 0.1) is 0 Å². The Morgan fingerprint density at radius 3 is 2.95 bits per heavy atom. The molecule has 1 fully saturated rings. The molecule has 104 valence electrons. The highest BCUT2D eigenvalue weighted by atomic mass is 32.2. The van der Waals surface area contributed by atoms with Crippen LogP contribution in [0.25, 0.3) is 0 Å². The van der Waals surface area contributed by atoms with Gasteiger partial charge in [-0.05, 0) is 25.3 Å². The maximum absolute atomic E-state index is 4.37. The molecule has 0 spiro atoms. The van der Waals surface area contributed by atoms with Crippen LogP contribution in [-0.4, -0.2) is 14.8 Å². The molecule has 4 heteroatoms. The van der Waals surface area contributed by atoms with E-state index in [9.17, 15) is 0 Å². The van der Waals surface area contributed by atoms with Crippen LogP contribution < -0.4 is 0 Å². The minimum atomic E-state index is 0.621. The van der Waals surface area contributed by atoms with Crippen molar-refractivity contribution in [2.45, 2.75) is 43.1 Å². The van der Waals surface area contributed by atoms with Gasteiger partial charge in [0.15, 0.2) is 5.16 Å². The number of allylic oxidation sites excluding steroid dienone is 1. The predicted octanol–water partition coefficient (Wildman–Crippen LogP) is 3.94. The van der Waals surface area contributed by atoms with Gasteiger partial charge in [0, 0.05) is 18.2 Å². The molecule has 2 aromatic rings. The third kappa shape index (κ3) is 2.96. The zero-order valence-corrected chi connectivity index (χ0v) is 12.6. The van der Waals surface area contributed by atoms with Crippen molar-refractivity contribution in [1.29, 1.82) is 0 Å². The number of hydrogen-bond acceptors (Lipinski definition) is 3. The van der Waals surface area contributed by atoms with Crippen LogP contribution in [0.3, 0.4) is 0 Å². The average Bonchev–Trinajstić information content (AvgIpc) is 3.20. The van der Waals surface area contributed by atoms with Crippen LogP contribution in [0.5, 0.6) is 0 Å². The number of aromatic nitrogens is 3. The molecule has 0 radical (unpaired) electrons. The smallest absolute Gasteiger partial charge is 0.191 e. The molecule has 3 rings (SSSR count). The van der Waals surface area contributed by atoms with Gasteiger partial charge in [0.1, 0.15) is 5.82 Å². The van der Waals surface area contributed by atoms with Gasteiger partial charge in [-0.3, -0.25) is 0 Å². The van der Waals surface area contributed by atoms with Gasteiger partial charge < -0.3 is 4.57 Å². The van der Waals surface area contributed by atoms with Gasteiger partial charge in [0.25, 0.3) is 0 Å². The Bertz CT molecular complexity index is 614. The molecule has 20 heavy (non-hydrogen) atoms. The lowest BCUT2D eigenvalue weighted by Crippen LogP contribution is -2.02. The highest BCUT2D eigenvalue weighted by Gasteiger charge is 2.30. The minimum absolute atomic E-state index is 0.621. The van der Waals surface area contributed by atoms with E-state index in [1.807, 2.05) is 6.08 Å². The van der Waals surface area contributed by atoms with E-state index in [4.69, 9.17) is 0 Å². The summed E-state index contributed by atoms with van der Waals surface area (Å²) in [6, 6.07) is 8.62. The largest absolute Gasteiger partial charge is 0.302 e. The molecule has 0 N–H and O–H groups in total. The lowest BCUT2D eigenvalue weighted by Gasteiger charge is -2.07. The number of rotatable bonds is 6. The second kappa shape index (κ2) is 5.83. The van der Waals surface area contributed by atoms with E-state index in [2.05, 4.69) is 52.5 Å². The third-order valence-corrected chi connectivity index (χ3v) is 4.49. The molecule has 1 heterocycles. The average molecular weight is 285 g/mol. The summed E-state index contributed by atoms with van der Waals surface area (Å²) in [5.74, 6) is 2.69. The van der Waals surface area contributed by atoms with Crippen LogP contribution in [0.2, 0.25) is 0 Å². The van der Waals surface area contributed by atoms with Crippen molar-refractivity contribution in [3.63, 3.8) is 0 Å². The summed E-state index contributed by atoms with van der Waals surface area (Å²) in [7, 11) is 0. The van der Waals surface area contributed by atoms with Crippen molar-refractivity contribution >= 4 is 11.8 Å². The Labute approximate surface area is 124 Å². The van der Waals surface area contributed by atoms with Gasteiger partial charge in [-0.2, -0.15) is 0 Å². The zero-order chi connectivity index (χ0) is 13.9. The summed E-state index contributed by atoms with van der Waals surface area (Å²) in [4.78, 5) is 0. The number of hydrogen-bond donors (Lipinski definition) is 0. The maximum atomic E-state index is 4.37. The maximum Gasteiger partial charge on any atom is 0.191 e. The third-order valence-electron chi connectivity index (χ3n) is 3.45. The number of benzene rings is 1. The first-order valence-corrected chi connectivity index (χ1v) is 7.99.